The Morgan fingerprint density at radius 3 is 2.57 bits per heavy atom. The molecule has 1 aromatic carbocycles. The molecule has 0 aliphatic carbocycles. The summed E-state index contributed by atoms with van der Waals surface area (Å²) in [7, 11) is 5.02. The molecule has 1 atom stereocenters. The summed E-state index contributed by atoms with van der Waals surface area (Å²) in [6.45, 7) is 2.19. The van der Waals surface area contributed by atoms with Crippen molar-refractivity contribution in [2.45, 2.75) is 13.0 Å². The van der Waals surface area contributed by atoms with Crippen molar-refractivity contribution in [3.8, 4) is 11.4 Å². The van der Waals surface area contributed by atoms with Crippen LogP contribution in [0.5, 0.6) is 5.75 Å². The highest BCUT2D eigenvalue weighted by atomic mass is 16.5. The van der Waals surface area contributed by atoms with E-state index in [1.165, 1.54) is 0 Å². The Kier molecular flexibility index (Phi) is 5.95. The second-order valence-electron chi connectivity index (χ2n) is 6.27. The van der Waals surface area contributed by atoms with Crippen molar-refractivity contribution < 1.29 is 14.3 Å². The average Bonchev–Trinajstić information content (AvgIpc) is 3.26. The van der Waals surface area contributed by atoms with Gasteiger partial charge in [-0.1, -0.05) is 0 Å². The van der Waals surface area contributed by atoms with Crippen LogP contribution < -0.4 is 15.4 Å². The number of ether oxygens (including phenoxy) is 2. The summed E-state index contributed by atoms with van der Waals surface area (Å²) in [6, 6.07) is 10.4. The number of carbonyl (C=O) groups excluding carboxylic acids is 1. The minimum absolute atomic E-state index is 0.323. The van der Waals surface area contributed by atoms with Crippen molar-refractivity contribution in [3.05, 3.63) is 54.0 Å². The molecule has 3 rings (SSSR count). The number of amides is 2. The van der Waals surface area contributed by atoms with Gasteiger partial charge in [0.25, 0.3) is 0 Å². The molecule has 3 aromatic rings. The van der Waals surface area contributed by atoms with Crippen LogP contribution in [0.2, 0.25) is 0 Å². The van der Waals surface area contributed by atoms with Crippen LogP contribution >= 0.6 is 0 Å². The highest BCUT2D eigenvalue weighted by Crippen LogP contribution is 2.20. The molecule has 2 heterocycles. The molecule has 2 N–H and O–H groups in total. The molecule has 0 fully saturated rings. The highest BCUT2D eigenvalue weighted by molar-refractivity contribution is 5.89. The van der Waals surface area contributed by atoms with Gasteiger partial charge in [-0.15, -0.1) is 0 Å². The molecule has 148 valence electrons. The van der Waals surface area contributed by atoms with Gasteiger partial charge < -0.3 is 14.8 Å². The first-order valence-corrected chi connectivity index (χ1v) is 8.77. The van der Waals surface area contributed by atoms with Crippen LogP contribution in [-0.2, 0) is 11.8 Å². The number of anilines is 1. The smallest absolute Gasteiger partial charge is 0.321 e. The molecular weight excluding hydrogens is 360 g/mol. The van der Waals surface area contributed by atoms with Crippen molar-refractivity contribution in [3.63, 3.8) is 0 Å². The molecule has 0 radical (unpaired) electrons. The number of hydrogen-bond donors (Lipinski definition) is 2. The van der Waals surface area contributed by atoms with E-state index in [9.17, 15) is 4.79 Å². The van der Waals surface area contributed by atoms with Crippen molar-refractivity contribution in [2.24, 2.45) is 7.05 Å². The number of urea groups is 1. The molecule has 0 aliphatic heterocycles. The highest BCUT2D eigenvalue weighted by Gasteiger charge is 2.19. The number of nitrogens with zero attached hydrogens (tertiary/aromatic N) is 4. The second-order valence-corrected chi connectivity index (χ2v) is 6.27. The maximum Gasteiger partial charge on any atom is 0.321 e. The molecule has 0 bridgehead atoms. The Hall–Kier alpha value is -3.33. The lowest BCUT2D eigenvalue weighted by molar-refractivity contribution is 0.165. The third kappa shape index (κ3) is 4.32. The van der Waals surface area contributed by atoms with Gasteiger partial charge in [-0.25, -0.2) is 9.48 Å². The van der Waals surface area contributed by atoms with Crippen molar-refractivity contribution >= 4 is 11.8 Å². The van der Waals surface area contributed by atoms with Gasteiger partial charge in [-0.3, -0.25) is 10.00 Å². The van der Waals surface area contributed by atoms with Gasteiger partial charge in [0, 0.05) is 26.4 Å². The first kappa shape index (κ1) is 19.4. The van der Waals surface area contributed by atoms with Gasteiger partial charge in [0.1, 0.15) is 11.6 Å². The fraction of sp³-hybridized carbons (Fsp3) is 0.316. The van der Waals surface area contributed by atoms with Gasteiger partial charge in [-0.2, -0.15) is 10.2 Å². The van der Waals surface area contributed by atoms with Crippen molar-refractivity contribution in [2.75, 3.05) is 26.1 Å². The molecule has 0 spiro atoms. The van der Waals surface area contributed by atoms with E-state index < -0.39 is 0 Å². The lowest BCUT2D eigenvalue weighted by Crippen LogP contribution is -2.36. The van der Waals surface area contributed by atoms with E-state index in [0.717, 1.165) is 22.8 Å². The first-order valence-electron chi connectivity index (χ1n) is 8.77. The van der Waals surface area contributed by atoms with Crippen molar-refractivity contribution in [1.82, 2.24) is 24.9 Å². The van der Waals surface area contributed by atoms with E-state index in [1.807, 2.05) is 44.3 Å². The zero-order valence-electron chi connectivity index (χ0n) is 16.3. The predicted octanol–water partition coefficient (Wildman–Crippen LogP) is 2.43. The number of methoxy groups -OCH3 is 2. The maximum absolute atomic E-state index is 12.6. The van der Waals surface area contributed by atoms with Crippen LogP contribution in [0.4, 0.5) is 10.6 Å². The van der Waals surface area contributed by atoms with Crippen LogP contribution in [-0.4, -0.2) is 46.4 Å². The molecule has 0 unspecified atom stereocenters. The summed E-state index contributed by atoms with van der Waals surface area (Å²) >= 11 is 0. The summed E-state index contributed by atoms with van der Waals surface area (Å²) in [5, 5.41) is 14.4. The van der Waals surface area contributed by atoms with Crippen molar-refractivity contribution in [1.29, 1.82) is 0 Å². The lowest BCUT2D eigenvalue weighted by Gasteiger charge is -2.19. The van der Waals surface area contributed by atoms with Gasteiger partial charge in [0.15, 0.2) is 0 Å². The Balaban J connectivity index is 1.77. The minimum Gasteiger partial charge on any atom is -0.497 e. The van der Waals surface area contributed by atoms with E-state index in [2.05, 4.69) is 20.8 Å². The fourth-order valence-electron chi connectivity index (χ4n) is 2.91. The Bertz CT molecular complexity index is 932. The normalized spacial score (nSPS) is 11.9. The molecule has 28 heavy (non-hydrogen) atoms. The molecule has 0 saturated carbocycles. The SMILES string of the molecule is COC[C@H](NC(=O)Nc1cc(C)nn1-c1ccc(OC)cc1)c1ccnn1C. The zero-order chi connectivity index (χ0) is 20.1. The average molecular weight is 384 g/mol. The van der Waals surface area contributed by atoms with Crippen LogP contribution in [0.15, 0.2) is 42.6 Å². The third-order valence-electron chi connectivity index (χ3n) is 4.24. The number of aryl methyl sites for hydroxylation is 2. The largest absolute Gasteiger partial charge is 0.497 e. The second kappa shape index (κ2) is 8.57. The summed E-state index contributed by atoms with van der Waals surface area (Å²) in [5.41, 5.74) is 2.44. The summed E-state index contributed by atoms with van der Waals surface area (Å²) in [4.78, 5) is 12.6. The Morgan fingerprint density at radius 2 is 1.96 bits per heavy atom. The van der Waals surface area contributed by atoms with Crippen LogP contribution in [0.1, 0.15) is 17.4 Å². The van der Waals surface area contributed by atoms with Gasteiger partial charge in [0.2, 0.25) is 0 Å². The molecule has 2 amide bonds. The van der Waals surface area contributed by atoms with E-state index >= 15 is 0 Å². The molecule has 0 aliphatic rings. The molecule has 2 aromatic heterocycles. The number of rotatable bonds is 7. The lowest BCUT2D eigenvalue weighted by atomic mass is 10.2. The Labute approximate surface area is 163 Å². The predicted molar refractivity (Wildman–Crippen MR) is 105 cm³/mol. The van der Waals surface area contributed by atoms with Crippen LogP contribution in [0.3, 0.4) is 0 Å². The molecule has 0 saturated heterocycles. The number of benzene rings is 1. The van der Waals surface area contributed by atoms with E-state index in [4.69, 9.17) is 9.47 Å². The first-order chi connectivity index (χ1) is 13.5. The molecule has 9 nitrogen and oxygen atoms in total. The maximum atomic E-state index is 12.6. The number of carbonyl (C=O) groups is 1. The summed E-state index contributed by atoms with van der Waals surface area (Å²) < 4.78 is 13.8. The number of hydrogen-bond acceptors (Lipinski definition) is 5. The summed E-state index contributed by atoms with van der Waals surface area (Å²) in [6.07, 6.45) is 1.68. The van der Waals surface area contributed by atoms with E-state index in [0.29, 0.717) is 12.4 Å². The zero-order valence-corrected chi connectivity index (χ0v) is 16.3. The fourth-order valence-corrected chi connectivity index (χ4v) is 2.91. The van der Waals surface area contributed by atoms with Gasteiger partial charge >= 0.3 is 6.03 Å². The topological polar surface area (TPSA) is 95.2 Å². The quantitative estimate of drug-likeness (QED) is 0.652. The van der Waals surface area contributed by atoms with Crippen LogP contribution in [0.25, 0.3) is 5.69 Å². The Morgan fingerprint density at radius 1 is 1.21 bits per heavy atom. The van der Waals surface area contributed by atoms with Gasteiger partial charge in [-0.05, 0) is 37.3 Å². The van der Waals surface area contributed by atoms with Crippen LogP contribution in [0, 0.1) is 6.92 Å². The van der Waals surface area contributed by atoms with E-state index in [-0.39, 0.29) is 12.1 Å². The number of nitrogens with one attached hydrogen (secondary N) is 2. The standard InChI is InChI=1S/C19H24N6O3/c1-13-11-18(25(23-13)14-5-7-15(28-4)8-6-14)22-19(26)21-16(12-27-3)17-9-10-20-24(17)2/h5-11,16H,12H2,1-4H3,(H2,21,22,26)/t16-/m0/s1. The van der Waals surface area contributed by atoms with Gasteiger partial charge in [0.05, 0.1) is 36.8 Å². The van der Waals surface area contributed by atoms with E-state index in [1.54, 1.807) is 35.8 Å². The molecular formula is C19H24N6O3. The minimum atomic E-state index is -0.363. The monoisotopic (exact) mass is 384 g/mol. The third-order valence-corrected chi connectivity index (χ3v) is 4.24. The number of aromatic nitrogens is 4. The summed E-state index contributed by atoms with van der Waals surface area (Å²) in [5.74, 6) is 1.31. The molecule has 9 heteroatoms.